The van der Waals surface area contributed by atoms with Crippen LogP contribution in [0, 0.1) is 17.3 Å². The Morgan fingerprint density at radius 1 is 1.62 bits per heavy atom. The SMILES string of the molecule is CCC1CCC(C(=O)O)(C(C)CCOC)C1. The summed E-state index contributed by atoms with van der Waals surface area (Å²) >= 11 is 0. The van der Waals surface area contributed by atoms with E-state index in [0.717, 1.165) is 32.1 Å². The number of methoxy groups -OCH3 is 1. The summed E-state index contributed by atoms with van der Waals surface area (Å²) < 4.78 is 5.06. The Balaban J connectivity index is 2.70. The fourth-order valence-electron chi connectivity index (χ4n) is 2.95. The van der Waals surface area contributed by atoms with Gasteiger partial charge >= 0.3 is 5.97 Å². The zero-order valence-electron chi connectivity index (χ0n) is 10.7. The quantitative estimate of drug-likeness (QED) is 0.760. The predicted octanol–water partition coefficient (Wildman–Crippen LogP) is 2.94. The molecule has 1 rings (SSSR count). The van der Waals surface area contributed by atoms with Crippen LogP contribution in [-0.2, 0) is 9.53 Å². The van der Waals surface area contributed by atoms with Gasteiger partial charge in [0.05, 0.1) is 5.41 Å². The van der Waals surface area contributed by atoms with Gasteiger partial charge in [0.2, 0.25) is 0 Å². The molecule has 0 saturated heterocycles. The highest BCUT2D eigenvalue weighted by molar-refractivity contribution is 5.75. The van der Waals surface area contributed by atoms with Crippen LogP contribution >= 0.6 is 0 Å². The molecule has 1 N–H and O–H groups in total. The second-order valence-electron chi connectivity index (χ2n) is 5.16. The summed E-state index contributed by atoms with van der Waals surface area (Å²) in [5, 5.41) is 9.51. The fraction of sp³-hybridized carbons (Fsp3) is 0.923. The molecule has 0 spiro atoms. The Morgan fingerprint density at radius 3 is 2.75 bits per heavy atom. The average molecular weight is 228 g/mol. The number of carbonyl (C=O) groups is 1. The molecular weight excluding hydrogens is 204 g/mol. The summed E-state index contributed by atoms with van der Waals surface area (Å²) in [6, 6.07) is 0. The third kappa shape index (κ3) is 2.57. The van der Waals surface area contributed by atoms with Gasteiger partial charge in [-0.05, 0) is 37.5 Å². The Morgan fingerprint density at radius 2 is 2.31 bits per heavy atom. The Hall–Kier alpha value is -0.570. The number of carboxylic acids is 1. The second kappa shape index (κ2) is 5.67. The molecule has 0 heterocycles. The minimum atomic E-state index is -0.605. The predicted molar refractivity (Wildman–Crippen MR) is 63.4 cm³/mol. The molecule has 94 valence electrons. The minimum absolute atomic E-state index is 0.210. The highest BCUT2D eigenvalue weighted by atomic mass is 16.5. The lowest BCUT2D eigenvalue weighted by atomic mass is 9.72. The smallest absolute Gasteiger partial charge is 0.309 e. The van der Waals surface area contributed by atoms with Crippen LogP contribution in [0.4, 0.5) is 0 Å². The molecule has 1 aliphatic carbocycles. The summed E-state index contributed by atoms with van der Waals surface area (Å²) in [5.41, 5.74) is -0.487. The number of aliphatic carboxylic acids is 1. The van der Waals surface area contributed by atoms with Crippen molar-refractivity contribution in [2.45, 2.75) is 46.0 Å². The van der Waals surface area contributed by atoms with E-state index < -0.39 is 11.4 Å². The van der Waals surface area contributed by atoms with Crippen molar-refractivity contribution in [3.8, 4) is 0 Å². The molecule has 3 unspecified atom stereocenters. The molecule has 1 saturated carbocycles. The first-order valence-electron chi connectivity index (χ1n) is 6.29. The molecule has 0 aliphatic heterocycles. The van der Waals surface area contributed by atoms with E-state index in [1.54, 1.807) is 7.11 Å². The van der Waals surface area contributed by atoms with Crippen LogP contribution < -0.4 is 0 Å². The van der Waals surface area contributed by atoms with Crippen LogP contribution in [0.15, 0.2) is 0 Å². The standard InChI is InChI=1S/C13H24O3/c1-4-11-5-7-13(9-11,12(14)15)10(2)6-8-16-3/h10-11H,4-9H2,1-3H3,(H,14,15). The van der Waals surface area contributed by atoms with E-state index >= 15 is 0 Å². The topological polar surface area (TPSA) is 46.5 Å². The third-order valence-corrected chi connectivity index (χ3v) is 4.35. The maximum atomic E-state index is 11.5. The molecule has 0 radical (unpaired) electrons. The lowest BCUT2D eigenvalue weighted by molar-refractivity contribution is -0.152. The van der Waals surface area contributed by atoms with Crippen LogP contribution in [0.2, 0.25) is 0 Å². The number of carboxylic acid groups (broad SMARTS) is 1. The molecule has 0 aromatic rings. The average Bonchev–Trinajstić information content (AvgIpc) is 2.71. The van der Waals surface area contributed by atoms with Gasteiger partial charge in [0.1, 0.15) is 0 Å². The van der Waals surface area contributed by atoms with Crippen molar-refractivity contribution in [3.05, 3.63) is 0 Å². The molecule has 3 nitrogen and oxygen atoms in total. The fourth-order valence-corrected chi connectivity index (χ4v) is 2.95. The summed E-state index contributed by atoms with van der Waals surface area (Å²) in [6.07, 6.45) is 4.71. The highest BCUT2D eigenvalue weighted by Gasteiger charge is 2.48. The van der Waals surface area contributed by atoms with Crippen molar-refractivity contribution in [1.82, 2.24) is 0 Å². The number of hydrogen-bond donors (Lipinski definition) is 1. The molecule has 1 fully saturated rings. The van der Waals surface area contributed by atoms with Crippen LogP contribution in [0.1, 0.15) is 46.0 Å². The van der Waals surface area contributed by atoms with Crippen molar-refractivity contribution < 1.29 is 14.6 Å². The number of ether oxygens (including phenoxy) is 1. The monoisotopic (exact) mass is 228 g/mol. The van der Waals surface area contributed by atoms with E-state index in [1.807, 2.05) is 0 Å². The van der Waals surface area contributed by atoms with Crippen LogP contribution in [0.25, 0.3) is 0 Å². The van der Waals surface area contributed by atoms with Crippen molar-refractivity contribution in [2.24, 2.45) is 17.3 Å². The largest absolute Gasteiger partial charge is 0.481 e. The van der Waals surface area contributed by atoms with Crippen LogP contribution in [0.5, 0.6) is 0 Å². The number of rotatable bonds is 6. The summed E-state index contributed by atoms with van der Waals surface area (Å²) in [7, 11) is 1.67. The van der Waals surface area contributed by atoms with Crippen molar-refractivity contribution in [1.29, 1.82) is 0 Å². The van der Waals surface area contributed by atoms with E-state index in [2.05, 4.69) is 13.8 Å². The Bertz CT molecular complexity index is 239. The van der Waals surface area contributed by atoms with Crippen LogP contribution in [-0.4, -0.2) is 24.8 Å². The molecule has 0 aromatic heterocycles. The normalized spacial score (nSPS) is 31.6. The van der Waals surface area contributed by atoms with Crippen LogP contribution in [0.3, 0.4) is 0 Å². The number of hydrogen-bond acceptors (Lipinski definition) is 2. The first kappa shape index (κ1) is 13.5. The van der Waals surface area contributed by atoms with E-state index in [1.165, 1.54) is 0 Å². The zero-order chi connectivity index (χ0) is 12.2. The zero-order valence-corrected chi connectivity index (χ0v) is 10.7. The van der Waals surface area contributed by atoms with Gasteiger partial charge in [-0.25, -0.2) is 0 Å². The molecule has 0 amide bonds. The molecule has 0 aromatic carbocycles. The molecule has 3 heteroatoms. The van der Waals surface area contributed by atoms with E-state index in [0.29, 0.717) is 12.5 Å². The minimum Gasteiger partial charge on any atom is -0.481 e. The maximum absolute atomic E-state index is 11.5. The van der Waals surface area contributed by atoms with Crippen molar-refractivity contribution >= 4 is 5.97 Å². The highest BCUT2D eigenvalue weighted by Crippen LogP contribution is 2.49. The summed E-state index contributed by atoms with van der Waals surface area (Å²) in [6.45, 7) is 4.88. The Kier molecular flexibility index (Phi) is 4.78. The van der Waals surface area contributed by atoms with Gasteiger partial charge in [-0.3, -0.25) is 4.79 Å². The summed E-state index contributed by atoms with van der Waals surface area (Å²) in [4.78, 5) is 11.5. The van der Waals surface area contributed by atoms with E-state index in [4.69, 9.17) is 4.74 Å². The second-order valence-corrected chi connectivity index (χ2v) is 5.16. The molecule has 1 aliphatic rings. The van der Waals surface area contributed by atoms with Crippen molar-refractivity contribution in [3.63, 3.8) is 0 Å². The van der Waals surface area contributed by atoms with E-state index in [-0.39, 0.29) is 5.92 Å². The molecule has 16 heavy (non-hydrogen) atoms. The molecular formula is C13H24O3. The molecule has 0 bridgehead atoms. The first-order chi connectivity index (χ1) is 7.56. The van der Waals surface area contributed by atoms with E-state index in [9.17, 15) is 9.90 Å². The van der Waals surface area contributed by atoms with Gasteiger partial charge < -0.3 is 9.84 Å². The maximum Gasteiger partial charge on any atom is 0.309 e. The van der Waals surface area contributed by atoms with Gasteiger partial charge in [-0.1, -0.05) is 20.3 Å². The van der Waals surface area contributed by atoms with Crippen molar-refractivity contribution in [2.75, 3.05) is 13.7 Å². The van der Waals surface area contributed by atoms with Gasteiger partial charge in [0, 0.05) is 13.7 Å². The lowest BCUT2D eigenvalue weighted by Gasteiger charge is -2.31. The van der Waals surface area contributed by atoms with Gasteiger partial charge in [-0.2, -0.15) is 0 Å². The lowest BCUT2D eigenvalue weighted by Crippen LogP contribution is -2.35. The van der Waals surface area contributed by atoms with Gasteiger partial charge in [0.25, 0.3) is 0 Å². The first-order valence-corrected chi connectivity index (χ1v) is 6.29. The third-order valence-electron chi connectivity index (χ3n) is 4.35. The molecule has 3 atom stereocenters. The van der Waals surface area contributed by atoms with Gasteiger partial charge in [0.15, 0.2) is 0 Å². The Labute approximate surface area is 98.2 Å². The summed E-state index contributed by atoms with van der Waals surface area (Å²) in [5.74, 6) is 0.203. The van der Waals surface area contributed by atoms with Gasteiger partial charge in [-0.15, -0.1) is 0 Å².